The molecule has 0 saturated heterocycles. The minimum atomic E-state index is 1.02. The maximum absolute atomic E-state index is 4.91. The summed E-state index contributed by atoms with van der Waals surface area (Å²) in [6.45, 7) is 4.19. The van der Waals surface area contributed by atoms with Crippen molar-refractivity contribution in [1.29, 1.82) is 0 Å². The monoisotopic (exact) mass is 511 g/mol. The lowest BCUT2D eigenvalue weighted by Gasteiger charge is -2.18. The van der Waals surface area contributed by atoms with Gasteiger partial charge in [-0.3, -0.25) is 4.99 Å². The number of hydrogen-bond acceptors (Lipinski definition) is 1. The smallest absolute Gasteiger partial charge is 0.0662 e. The Bertz CT molecular complexity index is 2010. The topological polar surface area (TPSA) is 12.4 Å². The third kappa shape index (κ3) is 4.17. The van der Waals surface area contributed by atoms with Gasteiger partial charge in [0.2, 0.25) is 0 Å². The number of aryl methyl sites for hydroxylation is 1. The molecular weight excluding hydrogens is 482 g/mol. The molecule has 0 aliphatic carbocycles. The largest absolute Gasteiger partial charge is 0.253 e. The molecule has 0 saturated carbocycles. The van der Waals surface area contributed by atoms with Gasteiger partial charge in [-0.15, -0.1) is 0 Å². The molecule has 0 fully saturated rings. The van der Waals surface area contributed by atoms with Crippen LogP contribution >= 0.6 is 0 Å². The van der Waals surface area contributed by atoms with E-state index in [0.717, 1.165) is 17.0 Å². The summed E-state index contributed by atoms with van der Waals surface area (Å²) < 4.78 is 0. The Morgan fingerprint density at radius 2 is 0.975 bits per heavy atom. The summed E-state index contributed by atoms with van der Waals surface area (Å²) >= 11 is 0. The van der Waals surface area contributed by atoms with Crippen LogP contribution < -0.4 is 0 Å². The average Bonchev–Trinajstić information content (AvgIpc) is 3.01. The molecule has 0 aromatic heterocycles. The summed E-state index contributed by atoms with van der Waals surface area (Å²) in [5.74, 6) is 0. The quantitative estimate of drug-likeness (QED) is 0.165. The zero-order valence-corrected chi connectivity index (χ0v) is 22.7. The molecule has 0 N–H and O–H groups in total. The van der Waals surface area contributed by atoms with E-state index in [-0.39, 0.29) is 0 Å². The fourth-order valence-electron chi connectivity index (χ4n) is 5.91. The van der Waals surface area contributed by atoms with Crippen LogP contribution in [0.25, 0.3) is 54.6 Å². The normalized spacial score (nSPS) is 11.9. The molecule has 7 aromatic rings. The van der Waals surface area contributed by atoms with Gasteiger partial charge in [0.15, 0.2) is 0 Å². The van der Waals surface area contributed by atoms with Crippen molar-refractivity contribution in [3.63, 3.8) is 0 Å². The van der Waals surface area contributed by atoms with Crippen molar-refractivity contribution < 1.29 is 0 Å². The van der Waals surface area contributed by atoms with Crippen LogP contribution in [0.15, 0.2) is 145 Å². The zero-order chi connectivity index (χ0) is 27.1. The molecule has 0 radical (unpaired) electrons. The van der Waals surface area contributed by atoms with Crippen LogP contribution in [0.3, 0.4) is 0 Å². The van der Waals surface area contributed by atoms with Gasteiger partial charge in [0, 0.05) is 5.71 Å². The predicted octanol–water partition coefficient (Wildman–Crippen LogP) is 10.9. The fourth-order valence-corrected chi connectivity index (χ4v) is 5.91. The first-order valence-corrected chi connectivity index (χ1v) is 13.8. The highest BCUT2D eigenvalue weighted by Crippen LogP contribution is 2.44. The lowest BCUT2D eigenvalue weighted by atomic mass is 9.85. The predicted molar refractivity (Wildman–Crippen MR) is 173 cm³/mol. The van der Waals surface area contributed by atoms with Crippen LogP contribution in [-0.2, 0) is 0 Å². The molecule has 0 amide bonds. The summed E-state index contributed by atoms with van der Waals surface area (Å²) in [6.07, 6.45) is 0. The summed E-state index contributed by atoms with van der Waals surface area (Å²) in [5, 5.41) is 7.60. The third-order valence-corrected chi connectivity index (χ3v) is 7.96. The van der Waals surface area contributed by atoms with Crippen molar-refractivity contribution in [3.8, 4) is 22.3 Å². The van der Waals surface area contributed by atoms with E-state index in [1.54, 1.807) is 0 Å². The van der Waals surface area contributed by atoms with E-state index in [4.69, 9.17) is 4.99 Å². The van der Waals surface area contributed by atoms with Gasteiger partial charge in [-0.25, -0.2) is 0 Å². The molecule has 1 heteroatoms. The van der Waals surface area contributed by atoms with Gasteiger partial charge in [0.05, 0.1) is 5.69 Å². The van der Waals surface area contributed by atoms with Crippen LogP contribution in [-0.4, -0.2) is 5.71 Å². The summed E-state index contributed by atoms with van der Waals surface area (Å²) in [4.78, 5) is 4.91. The number of rotatable bonds is 4. The molecule has 7 rings (SSSR count). The van der Waals surface area contributed by atoms with E-state index in [1.165, 1.54) is 60.1 Å². The van der Waals surface area contributed by atoms with Gasteiger partial charge in [0.25, 0.3) is 0 Å². The van der Waals surface area contributed by atoms with Gasteiger partial charge in [-0.05, 0) is 91.7 Å². The number of para-hydroxylation sites is 1. The van der Waals surface area contributed by atoms with E-state index in [9.17, 15) is 0 Å². The minimum absolute atomic E-state index is 1.02. The highest BCUT2D eigenvalue weighted by atomic mass is 14.7. The second kappa shape index (κ2) is 9.94. The molecular formula is C39H29N. The second-order valence-electron chi connectivity index (χ2n) is 10.5. The first kappa shape index (κ1) is 24.1. The minimum Gasteiger partial charge on any atom is -0.253 e. The van der Waals surface area contributed by atoms with Crippen LogP contribution in [0.2, 0.25) is 0 Å². The molecule has 0 heterocycles. The zero-order valence-electron chi connectivity index (χ0n) is 22.7. The molecule has 7 aromatic carbocycles. The van der Waals surface area contributed by atoms with Gasteiger partial charge >= 0.3 is 0 Å². The van der Waals surface area contributed by atoms with Crippen LogP contribution in [0.4, 0.5) is 5.69 Å². The standard InChI is InChI=1S/C39H29N/c1-26-11-3-10-18-37(26)40-27(2)28-19-22-30(23-20-28)38-33-14-6-8-16-35(33)39(36-17-9-7-15-34(36)38)32-24-21-29-12-4-5-13-31(29)25-32/h3-25H,1-2H3. The van der Waals surface area contributed by atoms with Crippen molar-refractivity contribution in [2.75, 3.05) is 0 Å². The Hall–Kier alpha value is -5.01. The maximum Gasteiger partial charge on any atom is 0.0662 e. The third-order valence-electron chi connectivity index (χ3n) is 7.96. The number of fused-ring (bicyclic) bond motifs is 3. The number of aliphatic imine (C=N–C) groups is 1. The van der Waals surface area contributed by atoms with E-state index < -0.39 is 0 Å². The molecule has 0 spiro atoms. The number of nitrogens with zero attached hydrogens (tertiary/aromatic N) is 1. The average molecular weight is 512 g/mol. The number of hydrogen-bond donors (Lipinski definition) is 0. The Labute approximate surface area is 235 Å². The Kier molecular flexibility index (Phi) is 5.98. The SMILES string of the molecule is CC(=Nc1ccccc1C)c1ccc(-c2c3ccccc3c(-c3ccc4ccccc4c3)c3ccccc23)cc1. The molecule has 0 aliphatic rings. The van der Waals surface area contributed by atoms with Gasteiger partial charge < -0.3 is 0 Å². The lowest BCUT2D eigenvalue weighted by molar-refractivity contribution is 1.38. The van der Waals surface area contributed by atoms with E-state index in [2.05, 4.69) is 147 Å². The van der Waals surface area contributed by atoms with Crippen molar-refractivity contribution in [2.45, 2.75) is 13.8 Å². The molecule has 190 valence electrons. The van der Waals surface area contributed by atoms with Crippen LogP contribution in [0, 0.1) is 6.92 Å². The maximum atomic E-state index is 4.91. The van der Waals surface area contributed by atoms with E-state index >= 15 is 0 Å². The van der Waals surface area contributed by atoms with Crippen LogP contribution in [0.1, 0.15) is 18.1 Å². The van der Waals surface area contributed by atoms with E-state index in [1.807, 2.05) is 6.07 Å². The highest BCUT2D eigenvalue weighted by molar-refractivity contribution is 6.21. The Morgan fingerprint density at radius 3 is 1.60 bits per heavy atom. The van der Waals surface area contributed by atoms with Crippen molar-refractivity contribution in [2.24, 2.45) is 4.99 Å². The Morgan fingerprint density at radius 1 is 0.475 bits per heavy atom. The van der Waals surface area contributed by atoms with Gasteiger partial charge in [-0.2, -0.15) is 0 Å². The van der Waals surface area contributed by atoms with Crippen molar-refractivity contribution in [1.82, 2.24) is 0 Å². The van der Waals surface area contributed by atoms with Gasteiger partial charge in [0.1, 0.15) is 0 Å². The molecule has 0 atom stereocenters. The summed E-state index contributed by atoms with van der Waals surface area (Å²) in [5.41, 5.74) is 9.37. The van der Waals surface area contributed by atoms with Crippen molar-refractivity contribution >= 4 is 43.7 Å². The lowest BCUT2D eigenvalue weighted by Crippen LogP contribution is -1.95. The second-order valence-corrected chi connectivity index (χ2v) is 10.5. The van der Waals surface area contributed by atoms with Crippen molar-refractivity contribution in [3.05, 3.63) is 151 Å². The first-order chi connectivity index (χ1) is 19.7. The molecule has 0 aliphatic heterocycles. The molecule has 40 heavy (non-hydrogen) atoms. The molecule has 0 bridgehead atoms. The summed E-state index contributed by atoms with van der Waals surface area (Å²) in [7, 11) is 0. The fraction of sp³-hybridized carbons (Fsp3) is 0.0513. The van der Waals surface area contributed by atoms with E-state index in [0.29, 0.717) is 0 Å². The summed E-state index contributed by atoms with van der Waals surface area (Å²) in [6, 6.07) is 50.3. The molecule has 1 nitrogen and oxygen atoms in total. The number of benzene rings is 7. The highest BCUT2D eigenvalue weighted by Gasteiger charge is 2.16. The Balaban J connectivity index is 1.41. The van der Waals surface area contributed by atoms with Crippen LogP contribution in [0.5, 0.6) is 0 Å². The first-order valence-electron chi connectivity index (χ1n) is 13.8. The van der Waals surface area contributed by atoms with Gasteiger partial charge in [-0.1, -0.05) is 127 Å². The molecule has 0 unspecified atom stereocenters.